The second kappa shape index (κ2) is 6.61. The molecule has 3 aromatic rings. The molecule has 0 aliphatic carbocycles. The van der Waals surface area contributed by atoms with Gasteiger partial charge in [0.05, 0.1) is 23.7 Å². The summed E-state index contributed by atoms with van der Waals surface area (Å²) in [6, 6.07) is 9.40. The molecule has 0 atom stereocenters. The van der Waals surface area contributed by atoms with Crippen molar-refractivity contribution in [3.63, 3.8) is 0 Å². The Morgan fingerprint density at radius 2 is 2.00 bits per heavy atom. The highest BCUT2D eigenvalue weighted by atomic mass is 79.9. The number of halogens is 1. The first kappa shape index (κ1) is 17.1. The minimum atomic E-state index is 0.0275. The molecule has 25 heavy (non-hydrogen) atoms. The Hall–Kier alpha value is -2.78. The second-order valence-electron chi connectivity index (χ2n) is 5.75. The molecule has 0 amide bonds. The Kier molecular flexibility index (Phi) is 4.51. The topological polar surface area (TPSA) is 81.9 Å². The number of hydrogen-bond donors (Lipinski definition) is 2. The Morgan fingerprint density at radius 1 is 1.28 bits per heavy atom. The van der Waals surface area contributed by atoms with E-state index in [2.05, 4.69) is 32.0 Å². The van der Waals surface area contributed by atoms with Gasteiger partial charge in [-0.3, -0.25) is 0 Å². The number of allylic oxidation sites excluding steroid dienone is 1. The van der Waals surface area contributed by atoms with Gasteiger partial charge in [0.15, 0.2) is 11.5 Å². The van der Waals surface area contributed by atoms with Crippen LogP contribution in [0, 0.1) is 25.2 Å². The van der Waals surface area contributed by atoms with Gasteiger partial charge < -0.3 is 14.8 Å². The van der Waals surface area contributed by atoms with Crippen LogP contribution in [0.1, 0.15) is 22.5 Å². The third kappa shape index (κ3) is 3.24. The van der Waals surface area contributed by atoms with Crippen molar-refractivity contribution in [3.8, 4) is 17.6 Å². The average molecular weight is 398 g/mol. The molecule has 2 N–H and O–H groups in total. The lowest BCUT2D eigenvalue weighted by Crippen LogP contribution is -1.88. The third-order valence-electron chi connectivity index (χ3n) is 4.07. The molecular formula is C19H16BrN3O2. The number of imidazole rings is 1. The number of aromatic hydroxyl groups is 1. The number of hydrogen-bond acceptors (Lipinski definition) is 4. The van der Waals surface area contributed by atoms with Gasteiger partial charge in [-0.2, -0.15) is 5.26 Å². The Balaban J connectivity index is 2.12. The van der Waals surface area contributed by atoms with Crippen molar-refractivity contribution in [2.75, 3.05) is 7.11 Å². The number of nitrogens with zero attached hydrogens (tertiary/aromatic N) is 2. The molecule has 1 heterocycles. The van der Waals surface area contributed by atoms with Crippen LogP contribution < -0.4 is 4.74 Å². The van der Waals surface area contributed by atoms with Crippen molar-refractivity contribution in [1.82, 2.24) is 9.97 Å². The Bertz CT molecular complexity index is 1010. The fraction of sp³-hybridized carbons (Fsp3) is 0.158. The third-order valence-corrected chi connectivity index (χ3v) is 4.76. The molecule has 1 aromatic heterocycles. The van der Waals surface area contributed by atoms with Crippen molar-refractivity contribution in [2.45, 2.75) is 13.8 Å². The first-order chi connectivity index (χ1) is 11.9. The zero-order valence-corrected chi connectivity index (χ0v) is 15.6. The smallest absolute Gasteiger partial charge is 0.161 e. The number of aryl methyl sites for hydroxylation is 2. The number of H-pyrrole nitrogens is 1. The van der Waals surface area contributed by atoms with Crippen molar-refractivity contribution < 1.29 is 9.84 Å². The molecule has 0 aliphatic rings. The number of fused-ring (bicyclic) bond motifs is 1. The summed E-state index contributed by atoms with van der Waals surface area (Å²) in [6.07, 6.45) is 1.70. The summed E-state index contributed by atoms with van der Waals surface area (Å²) in [7, 11) is 1.48. The predicted molar refractivity (Wildman–Crippen MR) is 101 cm³/mol. The monoisotopic (exact) mass is 397 g/mol. The lowest BCUT2D eigenvalue weighted by atomic mass is 10.1. The predicted octanol–water partition coefficient (Wildman–Crippen LogP) is 4.72. The largest absolute Gasteiger partial charge is 0.504 e. The highest BCUT2D eigenvalue weighted by molar-refractivity contribution is 9.10. The van der Waals surface area contributed by atoms with Crippen LogP contribution in [0.5, 0.6) is 11.5 Å². The van der Waals surface area contributed by atoms with Gasteiger partial charge in [-0.1, -0.05) is 15.9 Å². The maximum Gasteiger partial charge on any atom is 0.161 e. The maximum atomic E-state index is 9.81. The number of phenolic OH excluding ortho intramolecular Hbond substituents is 1. The molecule has 126 valence electrons. The van der Waals surface area contributed by atoms with E-state index in [0.717, 1.165) is 22.2 Å². The summed E-state index contributed by atoms with van der Waals surface area (Å²) in [6.45, 7) is 4.07. The number of ether oxygens (including phenoxy) is 1. The second-order valence-corrected chi connectivity index (χ2v) is 6.61. The van der Waals surface area contributed by atoms with Crippen LogP contribution in [0.2, 0.25) is 0 Å². The number of nitrogens with one attached hydrogen (secondary N) is 1. The van der Waals surface area contributed by atoms with E-state index in [0.29, 0.717) is 27.2 Å². The van der Waals surface area contributed by atoms with Gasteiger partial charge in [-0.05, 0) is 60.9 Å². The van der Waals surface area contributed by atoms with Gasteiger partial charge in [0.2, 0.25) is 0 Å². The zero-order valence-electron chi connectivity index (χ0n) is 14.0. The van der Waals surface area contributed by atoms with Crippen molar-refractivity contribution in [1.29, 1.82) is 5.26 Å². The number of methoxy groups -OCH3 is 1. The van der Waals surface area contributed by atoms with E-state index < -0.39 is 0 Å². The molecule has 0 unspecified atom stereocenters. The molecule has 0 aliphatic heterocycles. The molecular weight excluding hydrogens is 382 g/mol. The van der Waals surface area contributed by atoms with E-state index in [1.165, 1.54) is 13.2 Å². The number of phenols is 1. The van der Waals surface area contributed by atoms with Gasteiger partial charge >= 0.3 is 0 Å². The number of nitriles is 1. The van der Waals surface area contributed by atoms with Gasteiger partial charge in [0.1, 0.15) is 11.9 Å². The number of rotatable bonds is 3. The molecule has 0 bridgehead atoms. The van der Waals surface area contributed by atoms with E-state index in [4.69, 9.17) is 4.74 Å². The number of aromatic amines is 1. The molecule has 0 spiro atoms. The van der Waals surface area contributed by atoms with Crippen LogP contribution in [0.4, 0.5) is 0 Å². The van der Waals surface area contributed by atoms with Crippen LogP contribution in [0.25, 0.3) is 22.7 Å². The van der Waals surface area contributed by atoms with Crippen LogP contribution >= 0.6 is 15.9 Å². The van der Waals surface area contributed by atoms with E-state index in [1.54, 1.807) is 12.1 Å². The van der Waals surface area contributed by atoms with E-state index >= 15 is 0 Å². The van der Waals surface area contributed by atoms with E-state index in [9.17, 15) is 10.4 Å². The van der Waals surface area contributed by atoms with E-state index in [1.807, 2.05) is 26.0 Å². The molecule has 6 heteroatoms. The zero-order chi connectivity index (χ0) is 18.1. The quantitative estimate of drug-likeness (QED) is 0.626. The molecule has 0 saturated heterocycles. The molecule has 2 aromatic carbocycles. The fourth-order valence-corrected chi connectivity index (χ4v) is 2.98. The lowest BCUT2D eigenvalue weighted by Gasteiger charge is -2.06. The normalized spacial score (nSPS) is 11.6. The lowest BCUT2D eigenvalue weighted by molar-refractivity contribution is 0.373. The average Bonchev–Trinajstić information content (AvgIpc) is 2.97. The summed E-state index contributed by atoms with van der Waals surface area (Å²) in [5, 5.41) is 19.4. The first-order valence-electron chi connectivity index (χ1n) is 7.58. The summed E-state index contributed by atoms with van der Waals surface area (Å²) in [4.78, 5) is 7.73. The summed E-state index contributed by atoms with van der Waals surface area (Å²) < 4.78 is 5.78. The highest BCUT2D eigenvalue weighted by Gasteiger charge is 2.12. The van der Waals surface area contributed by atoms with Crippen LogP contribution in [0.3, 0.4) is 0 Å². The Morgan fingerprint density at radius 3 is 2.68 bits per heavy atom. The van der Waals surface area contributed by atoms with E-state index in [-0.39, 0.29) is 5.75 Å². The Labute approximate surface area is 153 Å². The van der Waals surface area contributed by atoms with Crippen molar-refractivity contribution in [3.05, 3.63) is 51.3 Å². The number of aromatic nitrogens is 2. The highest BCUT2D eigenvalue weighted by Crippen LogP contribution is 2.34. The van der Waals surface area contributed by atoms with Gasteiger partial charge in [-0.25, -0.2) is 4.98 Å². The maximum absolute atomic E-state index is 9.81. The molecule has 3 rings (SSSR count). The summed E-state index contributed by atoms with van der Waals surface area (Å²) >= 11 is 3.39. The molecule has 0 saturated carbocycles. The van der Waals surface area contributed by atoms with Gasteiger partial charge in [0.25, 0.3) is 0 Å². The molecule has 5 nitrogen and oxygen atoms in total. The fourth-order valence-electron chi connectivity index (χ4n) is 2.54. The van der Waals surface area contributed by atoms with Crippen LogP contribution in [-0.4, -0.2) is 22.2 Å². The summed E-state index contributed by atoms with van der Waals surface area (Å²) in [5.74, 6) is 0.865. The van der Waals surface area contributed by atoms with Gasteiger partial charge in [-0.15, -0.1) is 0 Å². The summed E-state index contributed by atoms with van der Waals surface area (Å²) in [5.41, 5.74) is 5.12. The molecule has 0 radical (unpaired) electrons. The minimum Gasteiger partial charge on any atom is -0.504 e. The van der Waals surface area contributed by atoms with Crippen LogP contribution in [-0.2, 0) is 0 Å². The molecule has 0 fully saturated rings. The number of benzene rings is 2. The standard InChI is InChI=1S/C19H16BrN3O2/c1-10-4-15-16(5-11(10)2)23-19(22-15)13(9-21)6-12-7-18(25-3)17(24)8-14(12)20/h4-8,24H,1-3H3,(H,22,23)/b13-6-. The minimum absolute atomic E-state index is 0.0275. The van der Waals surface area contributed by atoms with Gasteiger partial charge in [0, 0.05) is 4.47 Å². The van der Waals surface area contributed by atoms with Crippen molar-refractivity contribution >= 4 is 38.6 Å². The first-order valence-corrected chi connectivity index (χ1v) is 8.38. The van der Waals surface area contributed by atoms with Crippen LogP contribution in [0.15, 0.2) is 28.7 Å². The van der Waals surface area contributed by atoms with Crippen molar-refractivity contribution in [2.24, 2.45) is 0 Å². The SMILES string of the molecule is COc1cc(/C=C(/C#N)c2nc3cc(C)c(C)cc3[nH]2)c(Br)cc1O.